The number of rotatable bonds is 4. The van der Waals surface area contributed by atoms with E-state index in [9.17, 15) is 13.2 Å². The zero-order valence-corrected chi connectivity index (χ0v) is 11.7. The van der Waals surface area contributed by atoms with Gasteiger partial charge >= 0.3 is 6.18 Å². The molecule has 0 bridgehead atoms. The van der Waals surface area contributed by atoms with Crippen LogP contribution >= 0.6 is 0 Å². The molecule has 2 rings (SSSR count). The van der Waals surface area contributed by atoms with Gasteiger partial charge in [-0.1, -0.05) is 12.1 Å². The van der Waals surface area contributed by atoms with Crippen molar-refractivity contribution in [1.29, 1.82) is 0 Å². The standard InChI is InChI=1S/C15H20F3NO/c1-10(19-13-4-3-5-14(13)20-2)11-6-8-12(9-7-11)15(16,17)18/h6-10,13-14,19H,3-5H2,1-2H3. The third-order valence-corrected chi connectivity index (χ3v) is 3.96. The van der Waals surface area contributed by atoms with Gasteiger partial charge in [-0.05, 0) is 43.9 Å². The first-order valence-electron chi connectivity index (χ1n) is 6.88. The van der Waals surface area contributed by atoms with Crippen molar-refractivity contribution in [3.63, 3.8) is 0 Å². The fourth-order valence-corrected chi connectivity index (χ4v) is 2.78. The van der Waals surface area contributed by atoms with E-state index >= 15 is 0 Å². The second-order valence-electron chi connectivity index (χ2n) is 5.32. The zero-order chi connectivity index (χ0) is 14.8. The molecule has 0 aromatic heterocycles. The van der Waals surface area contributed by atoms with Gasteiger partial charge in [-0.3, -0.25) is 0 Å². The Morgan fingerprint density at radius 3 is 2.40 bits per heavy atom. The Labute approximate surface area is 117 Å². The summed E-state index contributed by atoms with van der Waals surface area (Å²) in [7, 11) is 1.70. The average molecular weight is 287 g/mol. The molecule has 1 aromatic rings. The van der Waals surface area contributed by atoms with E-state index in [1.165, 1.54) is 12.1 Å². The fourth-order valence-electron chi connectivity index (χ4n) is 2.78. The number of benzene rings is 1. The largest absolute Gasteiger partial charge is 0.416 e. The van der Waals surface area contributed by atoms with E-state index in [1.54, 1.807) is 7.11 Å². The van der Waals surface area contributed by atoms with Gasteiger partial charge in [-0.2, -0.15) is 13.2 Å². The monoisotopic (exact) mass is 287 g/mol. The first-order chi connectivity index (χ1) is 9.41. The van der Waals surface area contributed by atoms with Gasteiger partial charge in [-0.15, -0.1) is 0 Å². The molecule has 1 aliphatic carbocycles. The zero-order valence-electron chi connectivity index (χ0n) is 11.7. The molecule has 3 unspecified atom stereocenters. The molecule has 3 atom stereocenters. The lowest BCUT2D eigenvalue weighted by atomic mass is 10.0. The summed E-state index contributed by atoms with van der Waals surface area (Å²) in [5, 5.41) is 3.45. The van der Waals surface area contributed by atoms with Crippen LogP contribution < -0.4 is 5.32 Å². The van der Waals surface area contributed by atoms with Crippen LogP contribution in [0.2, 0.25) is 0 Å². The summed E-state index contributed by atoms with van der Waals surface area (Å²) in [5.41, 5.74) is 0.254. The summed E-state index contributed by atoms with van der Waals surface area (Å²) in [6.07, 6.45) is -0.873. The molecule has 0 heterocycles. The molecule has 1 N–H and O–H groups in total. The van der Waals surface area contributed by atoms with Crippen molar-refractivity contribution in [2.24, 2.45) is 0 Å². The van der Waals surface area contributed by atoms with Crippen LogP contribution in [0.1, 0.15) is 43.4 Å². The summed E-state index contributed by atoms with van der Waals surface area (Å²) in [6, 6.07) is 5.63. The molecule has 1 aromatic carbocycles. The third kappa shape index (κ3) is 3.52. The number of ether oxygens (including phenoxy) is 1. The molecule has 1 saturated carbocycles. The Morgan fingerprint density at radius 1 is 1.20 bits per heavy atom. The van der Waals surface area contributed by atoms with Gasteiger partial charge in [0.15, 0.2) is 0 Å². The Hall–Kier alpha value is -1.07. The van der Waals surface area contributed by atoms with Crippen LogP contribution in [0.15, 0.2) is 24.3 Å². The van der Waals surface area contributed by atoms with Crippen LogP contribution in [0.5, 0.6) is 0 Å². The van der Waals surface area contributed by atoms with E-state index < -0.39 is 11.7 Å². The smallest absolute Gasteiger partial charge is 0.380 e. The highest BCUT2D eigenvalue weighted by Crippen LogP contribution is 2.30. The average Bonchev–Trinajstić information content (AvgIpc) is 2.85. The maximum atomic E-state index is 12.5. The minimum absolute atomic E-state index is 0.0121. The first kappa shape index (κ1) is 15.3. The highest BCUT2D eigenvalue weighted by atomic mass is 19.4. The van der Waals surface area contributed by atoms with Gasteiger partial charge in [0.25, 0.3) is 0 Å². The highest BCUT2D eigenvalue weighted by molar-refractivity contribution is 5.26. The van der Waals surface area contributed by atoms with Crippen molar-refractivity contribution in [3.05, 3.63) is 35.4 Å². The lowest BCUT2D eigenvalue weighted by Gasteiger charge is -2.24. The number of alkyl halides is 3. The molecule has 0 radical (unpaired) electrons. The van der Waals surface area contributed by atoms with Gasteiger partial charge in [0.1, 0.15) is 0 Å². The Bertz CT molecular complexity index is 430. The minimum atomic E-state index is -4.28. The van der Waals surface area contributed by atoms with Crippen LogP contribution in [-0.2, 0) is 10.9 Å². The lowest BCUT2D eigenvalue weighted by Crippen LogP contribution is -2.38. The van der Waals surface area contributed by atoms with Crippen molar-refractivity contribution in [2.75, 3.05) is 7.11 Å². The normalized spacial score (nSPS) is 24.9. The Balaban J connectivity index is 2.00. The second kappa shape index (κ2) is 6.14. The van der Waals surface area contributed by atoms with Crippen LogP contribution in [0.3, 0.4) is 0 Å². The predicted octanol–water partition coefficient (Wildman–Crippen LogP) is 3.92. The molecule has 1 fully saturated rings. The molecule has 1 aliphatic rings. The maximum absolute atomic E-state index is 12.5. The van der Waals surface area contributed by atoms with Crippen LogP contribution in [-0.4, -0.2) is 19.3 Å². The molecule has 20 heavy (non-hydrogen) atoms. The minimum Gasteiger partial charge on any atom is -0.380 e. The Kier molecular flexibility index (Phi) is 4.70. The van der Waals surface area contributed by atoms with Crippen molar-refractivity contribution < 1.29 is 17.9 Å². The van der Waals surface area contributed by atoms with Crippen LogP contribution in [0.4, 0.5) is 13.2 Å². The second-order valence-corrected chi connectivity index (χ2v) is 5.32. The molecule has 5 heteroatoms. The molecular weight excluding hydrogens is 267 g/mol. The van der Waals surface area contributed by atoms with E-state index in [4.69, 9.17) is 4.74 Å². The topological polar surface area (TPSA) is 21.3 Å². The first-order valence-corrected chi connectivity index (χ1v) is 6.88. The van der Waals surface area contributed by atoms with E-state index in [2.05, 4.69) is 5.32 Å². The number of halogens is 3. The van der Waals surface area contributed by atoms with Gasteiger partial charge in [0.2, 0.25) is 0 Å². The Morgan fingerprint density at radius 2 is 1.85 bits per heavy atom. The van der Waals surface area contributed by atoms with Gasteiger partial charge in [0, 0.05) is 19.2 Å². The molecule has 0 saturated heterocycles. The van der Waals surface area contributed by atoms with Crippen molar-refractivity contribution in [2.45, 2.75) is 50.6 Å². The van der Waals surface area contributed by atoms with Gasteiger partial charge < -0.3 is 10.1 Å². The molecule has 0 spiro atoms. The summed E-state index contributed by atoms with van der Waals surface area (Å²) in [6.45, 7) is 1.97. The van der Waals surface area contributed by atoms with Crippen LogP contribution in [0, 0.1) is 0 Å². The quantitative estimate of drug-likeness (QED) is 0.906. The summed E-state index contributed by atoms with van der Waals surface area (Å²) < 4.78 is 43.0. The van der Waals surface area contributed by atoms with Crippen molar-refractivity contribution >= 4 is 0 Å². The molecule has 112 valence electrons. The number of hydrogen-bond acceptors (Lipinski definition) is 2. The van der Waals surface area contributed by atoms with E-state index in [-0.39, 0.29) is 18.2 Å². The highest BCUT2D eigenvalue weighted by Gasteiger charge is 2.31. The molecular formula is C15H20F3NO. The summed E-state index contributed by atoms with van der Waals surface area (Å²) in [5.74, 6) is 0. The fraction of sp³-hybridized carbons (Fsp3) is 0.600. The lowest BCUT2D eigenvalue weighted by molar-refractivity contribution is -0.137. The summed E-state index contributed by atoms with van der Waals surface area (Å²) in [4.78, 5) is 0. The van der Waals surface area contributed by atoms with Crippen molar-refractivity contribution in [1.82, 2.24) is 5.32 Å². The van der Waals surface area contributed by atoms with Gasteiger partial charge in [-0.25, -0.2) is 0 Å². The van der Waals surface area contributed by atoms with E-state index in [0.29, 0.717) is 0 Å². The molecule has 2 nitrogen and oxygen atoms in total. The molecule has 0 amide bonds. The van der Waals surface area contributed by atoms with E-state index in [0.717, 1.165) is 37.0 Å². The number of hydrogen-bond donors (Lipinski definition) is 1. The molecule has 0 aliphatic heterocycles. The maximum Gasteiger partial charge on any atom is 0.416 e. The number of nitrogens with one attached hydrogen (secondary N) is 1. The van der Waals surface area contributed by atoms with E-state index in [1.807, 2.05) is 6.92 Å². The third-order valence-electron chi connectivity index (χ3n) is 3.96. The van der Waals surface area contributed by atoms with Crippen molar-refractivity contribution in [3.8, 4) is 0 Å². The van der Waals surface area contributed by atoms with Gasteiger partial charge in [0.05, 0.1) is 11.7 Å². The summed E-state index contributed by atoms with van der Waals surface area (Å²) >= 11 is 0. The SMILES string of the molecule is COC1CCCC1NC(C)c1ccc(C(F)(F)F)cc1. The number of methoxy groups -OCH3 is 1. The predicted molar refractivity (Wildman–Crippen MR) is 71.4 cm³/mol. The van der Waals surface area contributed by atoms with Crippen LogP contribution in [0.25, 0.3) is 0 Å².